The molecule has 6 aliphatic rings. The molecule has 0 aliphatic carbocycles. The van der Waals surface area contributed by atoms with Crippen molar-refractivity contribution in [2.24, 2.45) is 0 Å². The SMILES string of the molecule is OCC1O[C@H](O[C@@H]2C(O)[C@@H](O[C@@H]3C(O)[C@@H](O[C@@H]4C(O)[C@@H](O[C@@H]5C(O)[C@H](O[C@@H]6C(O)C(O)OC(CO)[C@H]6O)OC(CO)[C@H]5O)OC(CO)[C@H]4O)OC(CO)[C@H]3O)OC(CO)[C@H]2O)C(O)[C@@H](O)[C@@H]1O. The molecule has 0 bridgehead atoms. The summed E-state index contributed by atoms with van der Waals surface area (Å²) in [4.78, 5) is 0. The second kappa shape index (κ2) is 23.5. The molecule has 6 rings (SSSR count). The zero-order chi connectivity index (χ0) is 49.3. The van der Waals surface area contributed by atoms with Crippen LogP contribution in [0.5, 0.6) is 0 Å². The predicted molar refractivity (Wildman–Crippen MR) is 199 cm³/mol. The molecule has 0 amide bonds. The number of hydrogen-bond acceptors (Lipinski definition) is 31. The van der Waals surface area contributed by atoms with Crippen molar-refractivity contribution in [1.82, 2.24) is 0 Å². The molecule has 67 heavy (non-hydrogen) atoms. The maximum absolute atomic E-state index is 11.5. The van der Waals surface area contributed by atoms with Crippen molar-refractivity contribution in [3.05, 3.63) is 0 Å². The first-order chi connectivity index (χ1) is 31.8. The standard InChI is InChI=1S/C36H62O31/c37-1-7-13(43)19(49)20(50)32(58-7)64-27-15(45)9(3-39)60-34(22(27)52)66-29-17(47)11(5-41)62-36(24(29)54)67-30-18(48)12(6-42)61-35(25(30)55)65-28-16(46)10(4-40)59-33(23(28)53)63-26-14(44)8(2-38)57-31(56)21(26)51/h7-56H,1-6H2/t7?,8?,9?,10?,11?,12?,13-,14-,15-,16-,17-,18-,19+,20?,21?,22?,23?,24?,25?,26+,27+,28+,29+,30+,31?,32-,33+,34-,35-,36-/m1/s1. The van der Waals surface area contributed by atoms with Gasteiger partial charge in [-0.1, -0.05) is 0 Å². The van der Waals surface area contributed by atoms with Gasteiger partial charge in [0.15, 0.2) is 37.7 Å². The molecule has 0 aromatic heterocycles. The molecule has 6 aliphatic heterocycles. The van der Waals surface area contributed by atoms with Gasteiger partial charge in [-0.15, -0.1) is 0 Å². The molecular formula is C36H62O31. The van der Waals surface area contributed by atoms with Crippen LogP contribution in [-0.4, -0.2) is 326 Å². The Hall–Kier alpha value is -1.24. The van der Waals surface area contributed by atoms with Gasteiger partial charge in [-0.3, -0.25) is 0 Å². The largest absolute Gasteiger partial charge is 0.394 e. The summed E-state index contributed by atoms with van der Waals surface area (Å²) in [6.45, 7) is -5.79. The Balaban J connectivity index is 1.18. The lowest BCUT2D eigenvalue weighted by Crippen LogP contribution is -2.68. The lowest BCUT2D eigenvalue weighted by Gasteiger charge is -2.50. The van der Waals surface area contributed by atoms with Crippen molar-refractivity contribution in [3.8, 4) is 0 Å². The third-order valence-electron chi connectivity index (χ3n) is 12.4. The lowest BCUT2D eigenvalue weighted by atomic mass is 9.95. The van der Waals surface area contributed by atoms with Crippen LogP contribution in [-0.2, 0) is 52.1 Å². The first kappa shape index (κ1) is 55.1. The average molecular weight is 991 g/mol. The fraction of sp³-hybridized carbons (Fsp3) is 1.00. The molecule has 392 valence electrons. The Morgan fingerprint density at radius 3 is 0.687 bits per heavy atom. The Kier molecular flexibility index (Phi) is 19.4. The summed E-state index contributed by atoms with van der Waals surface area (Å²) in [5.41, 5.74) is 0. The highest BCUT2D eigenvalue weighted by Crippen LogP contribution is 2.37. The van der Waals surface area contributed by atoms with Crippen LogP contribution in [0.25, 0.3) is 0 Å². The zero-order valence-electron chi connectivity index (χ0n) is 35.0. The van der Waals surface area contributed by atoms with E-state index in [0.717, 1.165) is 0 Å². The molecule has 30 atom stereocenters. The highest BCUT2D eigenvalue weighted by atomic mass is 16.8. The van der Waals surface area contributed by atoms with Gasteiger partial charge in [-0.25, -0.2) is 0 Å². The van der Waals surface area contributed by atoms with E-state index < -0.39 is 224 Å². The van der Waals surface area contributed by atoms with Gasteiger partial charge >= 0.3 is 0 Å². The van der Waals surface area contributed by atoms with Gasteiger partial charge in [-0.05, 0) is 0 Å². The normalized spacial score (nSPS) is 53.4. The summed E-state index contributed by atoms with van der Waals surface area (Å²) < 4.78 is 60.4. The Morgan fingerprint density at radius 2 is 0.433 bits per heavy atom. The highest BCUT2D eigenvalue weighted by molar-refractivity contribution is 5.00. The minimum atomic E-state index is -2.26. The van der Waals surface area contributed by atoms with Gasteiger partial charge in [0.05, 0.1) is 39.6 Å². The van der Waals surface area contributed by atoms with Gasteiger partial charge in [0.1, 0.15) is 146 Å². The molecule has 6 heterocycles. The van der Waals surface area contributed by atoms with E-state index in [2.05, 4.69) is 0 Å². The van der Waals surface area contributed by atoms with E-state index in [4.69, 9.17) is 52.1 Å². The molecule has 31 heteroatoms. The maximum Gasteiger partial charge on any atom is 0.187 e. The number of aliphatic hydroxyl groups excluding tert-OH is 20. The lowest BCUT2D eigenvalue weighted by molar-refractivity contribution is -0.398. The van der Waals surface area contributed by atoms with Gasteiger partial charge < -0.3 is 154 Å². The van der Waals surface area contributed by atoms with E-state index in [-0.39, 0.29) is 0 Å². The van der Waals surface area contributed by atoms with Crippen molar-refractivity contribution >= 4 is 0 Å². The molecule has 6 fully saturated rings. The molecule has 13 unspecified atom stereocenters. The Labute approximate surface area is 378 Å². The first-order valence-electron chi connectivity index (χ1n) is 21.1. The highest BCUT2D eigenvalue weighted by Gasteiger charge is 2.58. The topological polar surface area (TPSA) is 506 Å². The second-order valence-electron chi connectivity index (χ2n) is 16.8. The molecule has 0 aromatic rings. The number of rotatable bonds is 16. The summed E-state index contributed by atoms with van der Waals surface area (Å²) >= 11 is 0. The molecule has 0 spiro atoms. The smallest absolute Gasteiger partial charge is 0.187 e. The average Bonchev–Trinajstić information content (AvgIpc) is 3.31. The predicted octanol–water partition coefficient (Wildman–Crippen LogP) is -14.1. The Morgan fingerprint density at radius 1 is 0.224 bits per heavy atom. The van der Waals surface area contributed by atoms with Crippen molar-refractivity contribution in [2.45, 2.75) is 184 Å². The number of ether oxygens (including phenoxy) is 11. The number of hydrogen-bond donors (Lipinski definition) is 20. The van der Waals surface area contributed by atoms with E-state index in [0.29, 0.717) is 0 Å². The summed E-state index contributed by atoms with van der Waals surface area (Å²) in [6.07, 6.45) is -58.5. The third kappa shape index (κ3) is 11.2. The molecule has 20 N–H and O–H groups in total. The third-order valence-corrected chi connectivity index (χ3v) is 12.4. The molecule has 31 nitrogen and oxygen atoms in total. The quantitative estimate of drug-likeness (QED) is 0.0683. The van der Waals surface area contributed by atoms with Crippen LogP contribution in [0.4, 0.5) is 0 Å². The van der Waals surface area contributed by atoms with Crippen molar-refractivity contribution in [1.29, 1.82) is 0 Å². The van der Waals surface area contributed by atoms with E-state index in [1.54, 1.807) is 0 Å². The Bertz CT molecular complexity index is 1510. The molecule has 0 aromatic carbocycles. The first-order valence-corrected chi connectivity index (χ1v) is 21.1. The van der Waals surface area contributed by atoms with Crippen molar-refractivity contribution < 1.29 is 154 Å². The van der Waals surface area contributed by atoms with Crippen LogP contribution in [0.1, 0.15) is 0 Å². The second-order valence-corrected chi connectivity index (χ2v) is 16.8. The van der Waals surface area contributed by atoms with E-state index >= 15 is 0 Å². The zero-order valence-corrected chi connectivity index (χ0v) is 35.0. The molecule has 0 radical (unpaired) electrons. The van der Waals surface area contributed by atoms with Crippen LogP contribution >= 0.6 is 0 Å². The molecule has 6 saturated heterocycles. The minimum Gasteiger partial charge on any atom is -0.394 e. The van der Waals surface area contributed by atoms with E-state index in [9.17, 15) is 102 Å². The van der Waals surface area contributed by atoms with Crippen LogP contribution in [0.15, 0.2) is 0 Å². The fourth-order valence-corrected chi connectivity index (χ4v) is 8.49. The minimum absolute atomic E-state index is 0.862. The monoisotopic (exact) mass is 990 g/mol. The van der Waals surface area contributed by atoms with Gasteiger partial charge in [-0.2, -0.15) is 0 Å². The van der Waals surface area contributed by atoms with Gasteiger partial charge in [0.2, 0.25) is 0 Å². The molecular weight excluding hydrogens is 928 g/mol. The van der Waals surface area contributed by atoms with Gasteiger partial charge in [0.25, 0.3) is 0 Å². The van der Waals surface area contributed by atoms with Crippen LogP contribution in [0.3, 0.4) is 0 Å². The van der Waals surface area contributed by atoms with Crippen molar-refractivity contribution in [3.63, 3.8) is 0 Å². The summed E-state index contributed by atoms with van der Waals surface area (Å²) in [6, 6.07) is 0. The number of aliphatic hydroxyl groups is 20. The van der Waals surface area contributed by atoms with Crippen LogP contribution in [0, 0.1) is 0 Å². The summed E-state index contributed by atoms with van der Waals surface area (Å²) in [5.74, 6) is 0. The molecule has 0 saturated carbocycles. The van der Waals surface area contributed by atoms with E-state index in [1.165, 1.54) is 0 Å². The summed E-state index contributed by atoms with van der Waals surface area (Å²) in [7, 11) is 0. The van der Waals surface area contributed by atoms with Crippen molar-refractivity contribution in [2.75, 3.05) is 39.6 Å². The van der Waals surface area contributed by atoms with Crippen LogP contribution in [0.2, 0.25) is 0 Å². The van der Waals surface area contributed by atoms with E-state index in [1.807, 2.05) is 0 Å². The maximum atomic E-state index is 11.5. The van der Waals surface area contributed by atoms with Crippen LogP contribution < -0.4 is 0 Å². The fourth-order valence-electron chi connectivity index (χ4n) is 8.49. The van der Waals surface area contributed by atoms with Gasteiger partial charge in [0, 0.05) is 0 Å². The summed E-state index contributed by atoms with van der Waals surface area (Å²) in [5, 5.41) is 211.